The average Bonchev–Trinajstić information content (AvgIpc) is 2.37. The molecule has 0 unspecified atom stereocenters. The summed E-state index contributed by atoms with van der Waals surface area (Å²) in [6, 6.07) is -0.712. The maximum atomic E-state index is 11.1. The first-order valence-electron chi connectivity index (χ1n) is 5.17. The molecule has 6 N–H and O–H groups in total. The van der Waals surface area contributed by atoms with Crippen molar-refractivity contribution in [3.63, 3.8) is 0 Å². The van der Waals surface area contributed by atoms with Crippen LogP contribution in [0.5, 0.6) is 0 Å². The van der Waals surface area contributed by atoms with Crippen LogP contribution in [0.3, 0.4) is 0 Å². The number of hydrogen-bond donors (Lipinski definition) is 4. The monoisotopic (exact) mass is 240 g/mol. The number of carbonyl (C=O) groups is 1. The molecule has 0 saturated carbocycles. The second-order valence-corrected chi connectivity index (χ2v) is 3.21. The average molecular weight is 240 g/mol. The van der Waals surface area contributed by atoms with Gasteiger partial charge in [-0.1, -0.05) is 13.3 Å². The molecule has 0 radical (unpaired) electrons. The Morgan fingerprint density at radius 3 is 2.94 bits per heavy atom. The van der Waals surface area contributed by atoms with Crippen LogP contribution >= 0.6 is 0 Å². The Labute approximate surface area is 98.6 Å². The fraction of sp³-hybridized carbons (Fsp3) is 0.500. The van der Waals surface area contributed by atoms with Crippen LogP contribution in [-0.2, 0) is 0 Å². The summed E-state index contributed by atoms with van der Waals surface area (Å²) in [4.78, 5) is 22.8. The molecule has 1 aromatic heterocycles. The number of anilines is 2. The minimum Gasteiger partial charge on any atom is -0.354 e. The minimum absolute atomic E-state index is 0.0157. The Bertz CT molecular complexity index is 370. The Balaban J connectivity index is 2.68. The van der Waals surface area contributed by atoms with Gasteiger partial charge in [0, 0.05) is 6.54 Å². The lowest BCUT2D eigenvalue weighted by atomic mass is 10.3. The van der Waals surface area contributed by atoms with E-state index in [1.165, 1.54) is 6.33 Å². The van der Waals surface area contributed by atoms with Crippen molar-refractivity contribution >= 4 is 17.9 Å². The first-order valence-corrected chi connectivity index (χ1v) is 5.17. The second-order valence-electron chi connectivity index (χ2n) is 3.21. The molecule has 1 heterocycles. The van der Waals surface area contributed by atoms with Crippen molar-refractivity contribution in [2.24, 2.45) is 11.7 Å². The van der Waals surface area contributed by atoms with Gasteiger partial charge in [-0.2, -0.15) is 15.0 Å². The number of nitrogens with two attached hydrogens (primary N) is 2. The maximum absolute atomic E-state index is 11.1. The van der Waals surface area contributed by atoms with Crippen molar-refractivity contribution in [2.45, 2.75) is 19.8 Å². The van der Waals surface area contributed by atoms with Crippen LogP contribution in [0.25, 0.3) is 0 Å². The van der Waals surface area contributed by atoms with Crippen LogP contribution in [0.15, 0.2) is 6.33 Å². The van der Waals surface area contributed by atoms with Gasteiger partial charge in [0.05, 0.1) is 0 Å². The van der Waals surface area contributed by atoms with E-state index in [1.54, 1.807) is 0 Å². The van der Waals surface area contributed by atoms with Gasteiger partial charge in [-0.15, -0.1) is 0 Å². The molecule has 1 rings (SSSR count). The summed E-state index contributed by atoms with van der Waals surface area (Å²) in [5.74, 6) is 10.8. The first-order chi connectivity index (χ1) is 8.19. The van der Waals surface area contributed by atoms with Gasteiger partial charge in [0.2, 0.25) is 5.95 Å². The van der Waals surface area contributed by atoms with Crippen LogP contribution in [0, 0.1) is 0 Å². The summed E-state index contributed by atoms with van der Waals surface area (Å²) in [5, 5.41) is 3.69. The zero-order valence-corrected chi connectivity index (χ0v) is 9.55. The third-order valence-electron chi connectivity index (χ3n) is 1.93. The number of nitrogens with one attached hydrogen (secondary N) is 2. The minimum atomic E-state index is -0.712. The van der Waals surface area contributed by atoms with Gasteiger partial charge in [0.1, 0.15) is 6.33 Å². The molecule has 0 atom stereocenters. The molecule has 94 valence electrons. The van der Waals surface area contributed by atoms with E-state index in [0.29, 0.717) is 11.0 Å². The van der Waals surface area contributed by atoms with Gasteiger partial charge < -0.3 is 5.32 Å². The molecular formula is C8H16N8O. The lowest BCUT2D eigenvalue weighted by molar-refractivity contribution is 0.246. The van der Waals surface area contributed by atoms with Crippen LogP contribution in [0.2, 0.25) is 0 Å². The van der Waals surface area contributed by atoms with E-state index in [-0.39, 0.29) is 5.95 Å². The number of hydrazine groups is 2. The number of aromatic nitrogens is 3. The number of hydrogen-bond acceptors (Lipinski definition) is 7. The molecule has 0 aliphatic carbocycles. The highest BCUT2D eigenvalue weighted by molar-refractivity contribution is 5.88. The first kappa shape index (κ1) is 13.1. The summed E-state index contributed by atoms with van der Waals surface area (Å²) in [5.41, 5.74) is 1.88. The van der Waals surface area contributed by atoms with Crippen molar-refractivity contribution in [2.75, 3.05) is 16.9 Å². The molecule has 9 heteroatoms. The van der Waals surface area contributed by atoms with E-state index in [4.69, 9.17) is 11.7 Å². The second kappa shape index (κ2) is 6.55. The van der Waals surface area contributed by atoms with Crippen molar-refractivity contribution in [1.82, 2.24) is 20.4 Å². The third kappa shape index (κ3) is 3.81. The SMILES string of the molecule is CCCCNc1ncnc(N(N)C(=O)NN)n1. The fourth-order valence-electron chi connectivity index (χ4n) is 1.03. The number of rotatable bonds is 5. The van der Waals surface area contributed by atoms with E-state index in [0.717, 1.165) is 19.4 Å². The van der Waals surface area contributed by atoms with Gasteiger partial charge in [-0.25, -0.2) is 21.5 Å². The molecule has 9 nitrogen and oxygen atoms in total. The van der Waals surface area contributed by atoms with Crippen molar-refractivity contribution < 1.29 is 4.79 Å². The Hall–Kier alpha value is -2.00. The number of carbonyl (C=O) groups excluding carboxylic acids is 1. The molecule has 0 fully saturated rings. The summed E-state index contributed by atoms with van der Waals surface area (Å²) < 4.78 is 0. The fourth-order valence-corrected chi connectivity index (χ4v) is 1.03. The van der Waals surface area contributed by atoms with Crippen molar-refractivity contribution in [3.05, 3.63) is 6.33 Å². The van der Waals surface area contributed by atoms with E-state index < -0.39 is 6.03 Å². The zero-order chi connectivity index (χ0) is 12.7. The van der Waals surface area contributed by atoms with Crippen molar-refractivity contribution in [3.8, 4) is 0 Å². The topological polar surface area (TPSA) is 135 Å². The summed E-state index contributed by atoms with van der Waals surface area (Å²) in [6.07, 6.45) is 3.32. The van der Waals surface area contributed by atoms with Crippen LogP contribution in [0.1, 0.15) is 19.8 Å². The molecule has 0 bridgehead atoms. The molecule has 0 spiro atoms. The van der Waals surface area contributed by atoms with E-state index in [1.807, 2.05) is 5.43 Å². The molecule has 0 aliphatic heterocycles. The highest BCUT2D eigenvalue weighted by atomic mass is 16.2. The molecule has 0 aliphatic rings. The summed E-state index contributed by atoms with van der Waals surface area (Å²) in [6.45, 7) is 2.82. The standard InChI is InChI=1S/C8H16N8O/c1-2-3-4-11-6-12-5-13-7(14-6)16(10)8(17)15-9/h5H,2-4,9-10H2,1H3,(H,15,17)(H,11,12,13,14). The van der Waals surface area contributed by atoms with Crippen LogP contribution in [0.4, 0.5) is 16.7 Å². The lowest BCUT2D eigenvalue weighted by Crippen LogP contribution is -2.48. The number of amides is 2. The van der Waals surface area contributed by atoms with Gasteiger partial charge in [-0.3, -0.25) is 5.43 Å². The summed E-state index contributed by atoms with van der Waals surface area (Å²) >= 11 is 0. The molecule has 17 heavy (non-hydrogen) atoms. The summed E-state index contributed by atoms with van der Waals surface area (Å²) in [7, 11) is 0. The van der Waals surface area contributed by atoms with Gasteiger partial charge in [-0.05, 0) is 6.42 Å². The largest absolute Gasteiger partial charge is 0.354 e. The number of urea groups is 1. The molecule has 0 aromatic carbocycles. The predicted octanol–water partition coefficient (Wildman–Crippen LogP) is -0.653. The predicted molar refractivity (Wildman–Crippen MR) is 62.6 cm³/mol. The normalized spacial score (nSPS) is 9.82. The maximum Gasteiger partial charge on any atom is 0.353 e. The lowest BCUT2D eigenvalue weighted by Gasteiger charge is -2.13. The van der Waals surface area contributed by atoms with E-state index in [2.05, 4.69) is 27.2 Å². The van der Waals surface area contributed by atoms with E-state index >= 15 is 0 Å². The number of unbranched alkanes of at least 4 members (excludes halogenated alkanes) is 1. The van der Waals surface area contributed by atoms with Crippen LogP contribution < -0.4 is 27.4 Å². The Morgan fingerprint density at radius 2 is 2.29 bits per heavy atom. The highest BCUT2D eigenvalue weighted by Crippen LogP contribution is 2.05. The highest BCUT2D eigenvalue weighted by Gasteiger charge is 2.13. The Kier molecular flexibility index (Phi) is 5.04. The molecule has 0 saturated heterocycles. The van der Waals surface area contributed by atoms with E-state index in [9.17, 15) is 4.79 Å². The molecule has 1 aromatic rings. The van der Waals surface area contributed by atoms with Gasteiger partial charge >= 0.3 is 6.03 Å². The Morgan fingerprint density at radius 1 is 1.53 bits per heavy atom. The zero-order valence-electron chi connectivity index (χ0n) is 9.55. The molecule has 2 amide bonds. The van der Waals surface area contributed by atoms with Gasteiger partial charge in [0.25, 0.3) is 5.95 Å². The quantitative estimate of drug-likeness (QED) is 0.232. The van der Waals surface area contributed by atoms with Crippen LogP contribution in [-0.4, -0.2) is 27.5 Å². The smallest absolute Gasteiger partial charge is 0.353 e. The third-order valence-corrected chi connectivity index (χ3v) is 1.93. The van der Waals surface area contributed by atoms with Crippen molar-refractivity contribution in [1.29, 1.82) is 0 Å². The molecular weight excluding hydrogens is 224 g/mol. The number of nitrogens with zero attached hydrogens (tertiary/aromatic N) is 4. The van der Waals surface area contributed by atoms with Gasteiger partial charge in [0.15, 0.2) is 0 Å².